The molecule has 388 valence electrons. The maximum Gasteiger partial charge on any atom is 0.459 e. The molecular weight excluding hydrogens is 992 g/mol. The molecule has 6 rings (SSSR count). The van der Waals surface area contributed by atoms with E-state index in [1.165, 1.54) is 38.1 Å². The molecule has 0 bridgehead atoms. The molecule has 25 nitrogen and oxygen atoms in total. The van der Waals surface area contributed by atoms with Gasteiger partial charge in [0.15, 0.2) is 23.8 Å². The molecule has 2 aliphatic heterocycles. The van der Waals surface area contributed by atoms with Crippen molar-refractivity contribution >= 4 is 27.4 Å². The van der Waals surface area contributed by atoms with Crippen molar-refractivity contribution < 1.29 is 79.5 Å². The predicted octanol–water partition coefficient (Wildman–Crippen LogP) is 1.53. The molecule has 0 aliphatic carbocycles. The summed E-state index contributed by atoms with van der Waals surface area (Å²) in [5, 5.41) is 26.4. The van der Waals surface area contributed by atoms with Crippen molar-refractivity contribution in [2.45, 2.75) is 88.0 Å². The molecule has 2 fully saturated rings. The Morgan fingerprint density at radius 3 is 1.38 bits per heavy atom. The highest BCUT2D eigenvalue weighted by atomic mass is 31.2. The molecule has 2 aliphatic rings. The van der Waals surface area contributed by atoms with Gasteiger partial charge < -0.3 is 42.9 Å². The molecule has 0 spiro atoms. The standard InChI is InChI=1S/C42H52F2N6O19P2/c1-25(47-70(59,68-27-11-7-5-8-12-27)64-23-29-33(53)41(3,43)37(66-29)49-17-15-31(51)45-39(49)57)35(55)62-21-19-61-20-22-63-36(56)26(2)48-71(60,69-28-13-9-6-10-14-28)65-24-30-34(54)42(4,44)38(67-30)50-18-16-32(52)46-40(50)58/h5-18,25-26,29-30,33-34,37-38,53-54H,19-24H2,1-4H3,(H,47,59)(H,48,60)(H,45,51,57)(H,46,52,58)/t25-,26-,29+,30+,33+,34+,37+,38+,41+,42+,70?,71?/m0/s1. The lowest BCUT2D eigenvalue weighted by atomic mass is 9.98. The van der Waals surface area contributed by atoms with Crippen LogP contribution < -0.4 is 41.7 Å². The summed E-state index contributed by atoms with van der Waals surface area (Å²) in [4.78, 5) is 77.7. The first-order valence-corrected chi connectivity index (χ1v) is 24.7. The molecule has 4 heterocycles. The number of alkyl halides is 2. The number of hydrogen-bond acceptors (Lipinski definition) is 19. The SMILES string of the molecule is C[C@H](NP(=O)(OC[C@H]1O[C@@H](n2ccc(=O)[nH]c2=O)[C@](C)(F)[C@@H]1O)Oc1ccccc1)C(=O)OCCOCCOC(=O)[C@H](C)NP(=O)(OC[C@H]1O[C@@H](n2ccc(=O)[nH]c2=O)[C@](C)(F)[C@@H]1O)Oc1ccccc1. The molecule has 6 N–H and O–H groups in total. The number of ether oxygens (including phenoxy) is 5. The summed E-state index contributed by atoms with van der Waals surface area (Å²) in [6.07, 6.45) is -8.40. The van der Waals surface area contributed by atoms with Gasteiger partial charge >= 0.3 is 38.8 Å². The van der Waals surface area contributed by atoms with Gasteiger partial charge in [-0.1, -0.05) is 36.4 Å². The highest BCUT2D eigenvalue weighted by Crippen LogP contribution is 2.49. The lowest BCUT2D eigenvalue weighted by molar-refractivity contribution is -0.148. The number of H-pyrrole nitrogens is 2. The van der Waals surface area contributed by atoms with Gasteiger partial charge in [-0.15, -0.1) is 0 Å². The van der Waals surface area contributed by atoms with Gasteiger partial charge in [0.2, 0.25) is 0 Å². The number of hydrogen-bond donors (Lipinski definition) is 6. The van der Waals surface area contributed by atoms with E-state index < -0.39 is 123 Å². The van der Waals surface area contributed by atoms with E-state index in [1.54, 1.807) is 36.4 Å². The predicted molar refractivity (Wildman–Crippen MR) is 241 cm³/mol. The molecule has 2 aromatic heterocycles. The van der Waals surface area contributed by atoms with E-state index in [0.29, 0.717) is 0 Å². The molecule has 0 radical (unpaired) electrons. The minimum Gasteiger partial charge on any atom is -0.462 e. The van der Waals surface area contributed by atoms with E-state index in [4.69, 9.17) is 41.8 Å². The summed E-state index contributed by atoms with van der Waals surface area (Å²) < 4.78 is 110. The van der Waals surface area contributed by atoms with Crippen LogP contribution in [0.4, 0.5) is 8.78 Å². The zero-order valence-corrected chi connectivity index (χ0v) is 40.1. The van der Waals surface area contributed by atoms with Gasteiger partial charge in [-0.05, 0) is 52.0 Å². The summed E-state index contributed by atoms with van der Waals surface area (Å²) in [5.41, 5.74) is -8.72. The Hall–Kier alpha value is -5.70. The van der Waals surface area contributed by atoms with Crippen LogP contribution in [0.5, 0.6) is 11.5 Å². The zero-order valence-electron chi connectivity index (χ0n) is 38.3. The van der Waals surface area contributed by atoms with Crippen LogP contribution in [0, 0.1) is 0 Å². The lowest BCUT2D eigenvalue weighted by Gasteiger charge is -2.25. The van der Waals surface area contributed by atoms with E-state index in [2.05, 4.69) is 10.2 Å². The molecule has 2 saturated heterocycles. The van der Waals surface area contributed by atoms with Gasteiger partial charge in [0, 0.05) is 24.5 Å². The fraction of sp³-hybridized carbons (Fsp3) is 0.476. The van der Waals surface area contributed by atoms with E-state index >= 15 is 8.78 Å². The summed E-state index contributed by atoms with van der Waals surface area (Å²) >= 11 is 0. The number of nitrogens with one attached hydrogen (secondary N) is 4. The van der Waals surface area contributed by atoms with Gasteiger partial charge in [-0.2, -0.15) is 10.2 Å². The summed E-state index contributed by atoms with van der Waals surface area (Å²) in [6, 6.07) is 14.4. The lowest BCUT2D eigenvalue weighted by Crippen LogP contribution is -2.43. The maximum atomic E-state index is 15.8. The molecule has 12 atom stereocenters. The quantitative estimate of drug-likeness (QED) is 0.0329. The number of halogens is 2. The Labute approximate surface area is 401 Å². The maximum absolute atomic E-state index is 15.8. The normalized spacial score (nSPS) is 26.6. The highest BCUT2D eigenvalue weighted by Gasteiger charge is 2.57. The Morgan fingerprint density at radius 1 is 0.662 bits per heavy atom. The molecule has 4 aromatic rings. The molecule has 29 heteroatoms. The van der Waals surface area contributed by atoms with E-state index in [0.717, 1.165) is 47.5 Å². The van der Waals surface area contributed by atoms with Crippen LogP contribution >= 0.6 is 15.5 Å². The molecule has 0 saturated carbocycles. The monoisotopic (exact) mass is 1040 g/mol. The van der Waals surface area contributed by atoms with E-state index in [9.17, 15) is 48.1 Å². The first-order valence-electron chi connectivity index (χ1n) is 21.6. The summed E-state index contributed by atoms with van der Waals surface area (Å²) in [5.74, 6) is -1.83. The number of carbonyl (C=O) groups excluding carboxylic acids is 2. The number of esters is 2. The van der Waals surface area contributed by atoms with Crippen molar-refractivity contribution in [3.63, 3.8) is 0 Å². The van der Waals surface area contributed by atoms with Crippen molar-refractivity contribution in [1.29, 1.82) is 0 Å². The fourth-order valence-electron chi connectivity index (χ4n) is 7.02. The number of para-hydroxylation sites is 2. The van der Waals surface area contributed by atoms with Crippen molar-refractivity contribution in [3.8, 4) is 11.5 Å². The fourth-order valence-corrected chi connectivity index (χ4v) is 10.0. The van der Waals surface area contributed by atoms with Crippen molar-refractivity contribution in [2.75, 3.05) is 39.6 Å². The Bertz CT molecular complexity index is 2610. The van der Waals surface area contributed by atoms with Crippen LogP contribution in [0.25, 0.3) is 0 Å². The Balaban J connectivity index is 0.960. The number of carbonyl (C=O) groups is 2. The molecule has 2 aromatic carbocycles. The summed E-state index contributed by atoms with van der Waals surface area (Å²) in [7, 11) is -9.12. The Kier molecular flexibility index (Phi) is 17.9. The van der Waals surface area contributed by atoms with Gasteiger partial charge in [-0.25, -0.2) is 27.5 Å². The van der Waals surface area contributed by atoms with Crippen LogP contribution in [-0.4, -0.2) is 129 Å². The van der Waals surface area contributed by atoms with Crippen molar-refractivity contribution in [3.05, 3.63) is 127 Å². The third kappa shape index (κ3) is 13.8. The minimum atomic E-state index is -4.56. The first kappa shape index (κ1) is 54.6. The van der Waals surface area contributed by atoms with Crippen LogP contribution in [0.1, 0.15) is 40.2 Å². The second-order valence-electron chi connectivity index (χ2n) is 16.3. The van der Waals surface area contributed by atoms with Crippen molar-refractivity contribution in [1.82, 2.24) is 29.3 Å². The van der Waals surface area contributed by atoms with Gasteiger partial charge in [0.1, 0.15) is 61.2 Å². The number of rotatable bonds is 24. The van der Waals surface area contributed by atoms with Crippen LogP contribution in [0.15, 0.2) is 104 Å². The average Bonchev–Trinajstić information content (AvgIpc) is 3.68. The van der Waals surface area contributed by atoms with Crippen molar-refractivity contribution in [2.24, 2.45) is 0 Å². The topological polar surface area (TPSA) is 326 Å². The van der Waals surface area contributed by atoms with Gasteiger partial charge in [-0.3, -0.25) is 47.3 Å². The number of benzene rings is 2. The average molecular weight is 1040 g/mol. The number of aliphatic hydroxyl groups is 2. The van der Waals surface area contributed by atoms with Crippen LogP contribution in [-0.2, 0) is 51.5 Å². The van der Waals surface area contributed by atoms with Gasteiger partial charge in [0.05, 0.1) is 26.4 Å². The minimum absolute atomic E-state index is 0.0361. The third-order valence-electron chi connectivity index (χ3n) is 10.8. The van der Waals surface area contributed by atoms with E-state index in [-0.39, 0.29) is 37.9 Å². The van der Waals surface area contributed by atoms with Crippen LogP contribution in [0.3, 0.4) is 0 Å². The van der Waals surface area contributed by atoms with E-state index in [1.807, 2.05) is 9.97 Å². The number of nitrogens with zero attached hydrogens (tertiary/aromatic N) is 2. The second kappa shape index (κ2) is 23.2. The largest absolute Gasteiger partial charge is 0.462 e. The number of aromatic amines is 2. The summed E-state index contributed by atoms with van der Waals surface area (Å²) in [6.45, 7) is 1.82. The second-order valence-corrected chi connectivity index (χ2v) is 19.7. The number of aliphatic hydroxyl groups excluding tert-OH is 2. The molecule has 71 heavy (non-hydrogen) atoms. The highest BCUT2D eigenvalue weighted by molar-refractivity contribution is 7.52. The van der Waals surface area contributed by atoms with Crippen LogP contribution in [0.2, 0.25) is 0 Å². The molecule has 2 unspecified atom stereocenters. The number of aromatic nitrogens is 4. The Morgan fingerprint density at radius 2 is 1.03 bits per heavy atom. The molecular formula is C42H52F2N6O19P2. The smallest absolute Gasteiger partial charge is 0.459 e. The van der Waals surface area contributed by atoms with Gasteiger partial charge in [0.25, 0.3) is 11.1 Å². The molecule has 0 amide bonds. The first-order chi connectivity index (χ1) is 33.5. The zero-order chi connectivity index (χ0) is 51.7. The third-order valence-corrected chi connectivity index (χ3v) is 14.0.